The lowest BCUT2D eigenvalue weighted by Gasteiger charge is -2.25. The minimum absolute atomic E-state index is 0.244. The first-order valence-corrected chi connectivity index (χ1v) is 10.00. The van der Waals surface area contributed by atoms with Gasteiger partial charge in [-0.1, -0.05) is 12.1 Å². The van der Waals surface area contributed by atoms with Gasteiger partial charge < -0.3 is 14.2 Å². The van der Waals surface area contributed by atoms with Gasteiger partial charge in [-0.3, -0.25) is 0 Å². The number of ether oxygens (including phenoxy) is 3. The molecule has 0 bridgehead atoms. The molecule has 0 saturated carbocycles. The maximum atomic E-state index is 12.8. The number of rotatable bonds is 8. The molecule has 0 spiro atoms. The number of methoxy groups -OCH3 is 1. The molecule has 3 rings (SSSR count). The van der Waals surface area contributed by atoms with Crippen LogP contribution in [0.15, 0.2) is 53.6 Å². The largest absolute Gasteiger partial charge is 0.497 e. The number of benzene rings is 2. The molecule has 8 heteroatoms. The minimum atomic E-state index is -1.10. The van der Waals surface area contributed by atoms with Crippen molar-refractivity contribution in [1.29, 1.82) is 0 Å². The average molecular weight is 425 g/mol. The highest BCUT2D eigenvalue weighted by Gasteiger charge is 2.32. The van der Waals surface area contributed by atoms with E-state index < -0.39 is 11.6 Å². The molecule has 0 saturated heterocycles. The highest BCUT2D eigenvalue weighted by Crippen LogP contribution is 2.25. The number of hydrogen-bond acceptors (Lipinski definition) is 6. The SMILES string of the molecule is CCOC(=O)C(C)(C)Oc1ccc(Cn2ncn(-c3ccc(OC)cc3)c2=O)cc1C. The molecule has 0 unspecified atom stereocenters. The molecule has 1 aromatic heterocycles. The summed E-state index contributed by atoms with van der Waals surface area (Å²) in [4.78, 5) is 24.8. The van der Waals surface area contributed by atoms with Crippen LogP contribution in [0.4, 0.5) is 0 Å². The van der Waals surface area contributed by atoms with Crippen molar-refractivity contribution < 1.29 is 19.0 Å². The van der Waals surface area contributed by atoms with Crippen LogP contribution < -0.4 is 15.2 Å². The van der Waals surface area contributed by atoms with Crippen LogP contribution in [0.3, 0.4) is 0 Å². The predicted octanol–water partition coefficient (Wildman–Crippen LogP) is 3.12. The van der Waals surface area contributed by atoms with Crippen molar-refractivity contribution in [2.24, 2.45) is 0 Å². The van der Waals surface area contributed by atoms with Gasteiger partial charge in [-0.05, 0) is 69.2 Å². The van der Waals surface area contributed by atoms with Crippen LogP contribution in [0.1, 0.15) is 31.9 Å². The van der Waals surface area contributed by atoms with Crippen molar-refractivity contribution in [3.05, 3.63) is 70.4 Å². The van der Waals surface area contributed by atoms with Crippen molar-refractivity contribution in [1.82, 2.24) is 14.3 Å². The smallest absolute Gasteiger partial charge is 0.350 e. The normalized spacial score (nSPS) is 11.3. The highest BCUT2D eigenvalue weighted by atomic mass is 16.6. The first kappa shape index (κ1) is 22.1. The maximum absolute atomic E-state index is 12.8. The Balaban J connectivity index is 1.77. The lowest BCUT2D eigenvalue weighted by atomic mass is 10.1. The van der Waals surface area contributed by atoms with Crippen LogP contribution in [-0.2, 0) is 16.1 Å². The van der Waals surface area contributed by atoms with Crippen molar-refractivity contribution in [3.63, 3.8) is 0 Å². The third kappa shape index (κ3) is 4.96. The summed E-state index contributed by atoms with van der Waals surface area (Å²) < 4.78 is 19.0. The minimum Gasteiger partial charge on any atom is -0.497 e. The number of carbonyl (C=O) groups excluding carboxylic acids is 1. The summed E-state index contributed by atoms with van der Waals surface area (Å²) in [5, 5.41) is 4.23. The van der Waals surface area contributed by atoms with E-state index in [1.54, 1.807) is 58.2 Å². The zero-order valence-corrected chi connectivity index (χ0v) is 18.4. The second-order valence-corrected chi connectivity index (χ2v) is 7.57. The molecule has 0 aliphatic rings. The molecule has 0 fully saturated rings. The summed E-state index contributed by atoms with van der Waals surface area (Å²) in [6.07, 6.45) is 1.50. The monoisotopic (exact) mass is 425 g/mol. The van der Waals surface area contributed by atoms with Crippen molar-refractivity contribution in [3.8, 4) is 17.2 Å². The van der Waals surface area contributed by atoms with Crippen LogP contribution in [0, 0.1) is 6.92 Å². The summed E-state index contributed by atoms with van der Waals surface area (Å²) >= 11 is 0. The number of hydrogen-bond donors (Lipinski definition) is 0. The van der Waals surface area contributed by atoms with Gasteiger partial charge in [-0.25, -0.2) is 18.8 Å². The van der Waals surface area contributed by atoms with Gasteiger partial charge >= 0.3 is 11.7 Å². The Morgan fingerprint density at radius 1 is 1.13 bits per heavy atom. The third-order valence-electron chi connectivity index (χ3n) is 4.79. The van der Waals surface area contributed by atoms with E-state index in [4.69, 9.17) is 14.2 Å². The number of esters is 1. The molecule has 31 heavy (non-hydrogen) atoms. The number of aryl methyl sites for hydroxylation is 1. The molecular weight excluding hydrogens is 398 g/mol. The van der Waals surface area contributed by atoms with Gasteiger partial charge in [0.2, 0.25) is 0 Å². The molecule has 3 aromatic rings. The highest BCUT2D eigenvalue weighted by molar-refractivity contribution is 5.79. The molecule has 0 radical (unpaired) electrons. The van der Waals surface area contributed by atoms with Gasteiger partial charge in [-0.15, -0.1) is 0 Å². The Labute approximate surface area is 181 Å². The maximum Gasteiger partial charge on any atom is 0.350 e. The molecule has 0 atom stereocenters. The summed E-state index contributed by atoms with van der Waals surface area (Å²) in [5.41, 5.74) is 1.10. The van der Waals surface area contributed by atoms with Crippen LogP contribution in [0.25, 0.3) is 5.69 Å². The zero-order chi connectivity index (χ0) is 22.6. The Bertz CT molecular complexity index is 1110. The fourth-order valence-electron chi connectivity index (χ4n) is 3.08. The standard InChI is InChI=1S/C23H27N3O5/c1-6-30-21(27)23(3,4)31-20-12-7-17(13-16(20)2)14-26-22(28)25(15-24-26)18-8-10-19(29-5)11-9-18/h7-13,15H,6,14H2,1-5H3. The molecule has 0 amide bonds. The second kappa shape index (κ2) is 9.07. The van der Waals surface area contributed by atoms with Gasteiger partial charge in [0.15, 0.2) is 5.60 Å². The average Bonchev–Trinajstić information content (AvgIpc) is 3.10. The van der Waals surface area contributed by atoms with Gasteiger partial charge in [0.05, 0.1) is 25.9 Å². The first-order chi connectivity index (χ1) is 14.7. The third-order valence-corrected chi connectivity index (χ3v) is 4.79. The van der Waals surface area contributed by atoms with Crippen LogP contribution in [0.5, 0.6) is 11.5 Å². The number of aromatic nitrogens is 3. The van der Waals surface area contributed by atoms with E-state index in [0.717, 1.165) is 11.1 Å². The predicted molar refractivity (Wildman–Crippen MR) is 116 cm³/mol. The zero-order valence-electron chi connectivity index (χ0n) is 18.4. The Morgan fingerprint density at radius 2 is 1.84 bits per heavy atom. The molecule has 2 aromatic carbocycles. The number of nitrogens with zero attached hydrogens (tertiary/aromatic N) is 3. The molecular formula is C23H27N3O5. The van der Waals surface area contributed by atoms with Crippen LogP contribution in [-0.4, -0.2) is 39.6 Å². The topological polar surface area (TPSA) is 84.6 Å². The second-order valence-electron chi connectivity index (χ2n) is 7.57. The fraction of sp³-hybridized carbons (Fsp3) is 0.348. The Hall–Kier alpha value is -3.55. The van der Waals surface area contributed by atoms with Gasteiger partial charge in [-0.2, -0.15) is 5.10 Å². The lowest BCUT2D eigenvalue weighted by Crippen LogP contribution is -2.39. The summed E-state index contributed by atoms with van der Waals surface area (Å²) in [6, 6.07) is 12.7. The van der Waals surface area contributed by atoms with Crippen LogP contribution in [0.2, 0.25) is 0 Å². The summed E-state index contributed by atoms with van der Waals surface area (Å²) in [5.74, 6) is 0.875. The van der Waals surface area contributed by atoms with E-state index in [2.05, 4.69) is 5.10 Å². The van der Waals surface area contributed by atoms with E-state index in [9.17, 15) is 9.59 Å². The van der Waals surface area contributed by atoms with Crippen molar-refractivity contribution >= 4 is 5.97 Å². The van der Waals surface area contributed by atoms with Crippen molar-refractivity contribution in [2.45, 2.75) is 39.8 Å². The fourth-order valence-corrected chi connectivity index (χ4v) is 3.08. The van der Waals surface area contributed by atoms with Crippen LogP contribution >= 0.6 is 0 Å². The molecule has 8 nitrogen and oxygen atoms in total. The Morgan fingerprint density at radius 3 is 2.45 bits per heavy atom. The van der Waals surface area contributed by atoms with E-state index in [1.807, 2.05) is 19.1 Å². The van der Waals surface area contributed by atoms with E-state index in [1.165, 1.54) is 15.6 Å². The molecule has 0 aliphatic carbocycles. The molecule has 1 heterocycles. The van der Waals surface area contributed by atoms with Gasteiger partial charge in [0.1, 0.15) is 17.8 Å². The molecule has 164 valence electrons. The first-order valence-electron chi connectivity index (χ1n) is 10.00. The van der Waals surface area contributed by atoms with E-state index in [0.29, 0.717) is 30.3 Å². The summed E-state index contributed by atoms with van der Waals surface area (Å²) in [7, 11) is 1.59. The lowest BCUT2D eigenvalue weighted by molar-refractivity contribution is -0.158. The summed E-state index contributed by atoms with van der Waals surface area (Å²) in [6.45, 7) is 7.59. The molecule has 0 N–H and O–H groups in total. The quantitative estimate of drug-likeness (QED) is 0.516. The number of carbonyl (C=O) groups is 1. The van der Waals surface area contributed by atoms with E-state index in [-0.39, 0.29) is 5.69 Å². The van der Waals surface area contributed by atoms with Gasteiger partial charge in [0.25, 0.3) is 0 Å². The molecule has 0 aliphatic heterocycles. The van der Waals surface area contributed by atoms with Crippen molar-refractivity contribution in [2.75, 3.05) is 13.7 Å². The Kier molecular flexibility index (Phi) is 6.48. The van der Waals surface area contributed by atoms with Gasteiger partial charge in [0, 0.05) is 0 Å². The van der Waals surface area contributed by atoms with E-state index >= 15 is 0 Å².